The normalized spacial score (nSPS) is 16.0. The Morgan fingerprint density at radius 3 is 2.48 bits per heavy atom. The van der Waals surface area contributed by atoms with Crippen LogP contribution in [0.4, 0.5) is 11.4 Å². The number of carbonyl (C=O) groups excluding carboxylic acids is 1. The minimum absolute atomic E-state index is 0.211. The van der Waals surface area contributed by atoms with Gasteiger partial charge in [0.25, 0.3) is 5.91 Å². The van der Waals surface area contributed by atoms with Gasteiger partial charge in [-0.15, -0.1) is 0 Å². The van der Waals surface area contributed by atoms with Gasteiger partial charge in [-0.25, -0.2) is 0 Å². The number of hydrogen-bond donors (Lipinski definition) is 2. The molecule has 1 aliphatic heterocycles. The van der Waals surface area contributed by atoms with E-state index in [0.29, 0.717) is 5.56 Å². The highest BCUT2D eigenvalue weighted by molar-refractivity contribution is 5.98. The van der Waals surface area contributed by atoms with Crippen LogP contribution in [0.3, 0.4) is 0 Å². The quantitative estimate of drug-likeness (QED) is 0.785. The first-order chi connectivity index (χ1) is 13.1. The predicted octanol–water partition coefficient (Wildman–Crippen LogP) is 2.42. The van der Waals surface area contributed by atoms with E-state index < -0.39 is 5.91 Å². The van der Waals surface area contributed by atoms with Gasteiger partial charge < -0.3 is 20.7 Å². The van der Waals surface area contributed by atoms with Crippen molar-refractivity contribution in [2.24, 2.45) is 5.73 Å². The maximum absolute atomic E-state index is 11.6. The highest BCUT2D eigenvalue weighted by atomic mass is 16.5. The van der Waals surface area contributed by atoms with E-state index in [1.54, 1.807) is 13.2 Å². The average molecular weight is 368 g/mol. The first kappa shape index (κ1) is 19.0. The molecule has 0 spiro atoms. The van der Waals surface area contributed by atoms with E-state index in [0.717, 1.165) is 49.8 Å². The summed E-state index contributed by atoms with van der Waals surface area (Å²) in [5, 5.41) is 3.42. The van der Waals surface area contributed by atoms with E-state index in [-0.39, 0.29) is 6.04 Å². The third-order valence-corrected chi connectivity index (χ3v) is 4.92. The van der Waals surface area contributed by atoms with E-state index in [1.165, 1.54) is 0 Å². The number of piperazine rings is 1. The fraction of sp³-hybridized carbons (Fsp3) is 0.381. The molecule has 0 aliphatic carbocycles. The summed E-state index contributed by atoms with van der Waals surface area (Å²) in [7, 11) is 1.71. The summed E-state index contributed by atoms with van der Waals surface area (Å²) < 4.78 is 5.48. The highest BCUT2D eigenvalue weighted by Crippen LogP contribution is 2.28. The number of benzene rings is 2. The Bertz CT molecular complexity index is 772. The van der Waals surface area contributed by atoms with Crippen LogP contribution >= 0.6 is 0 Å². The van der Waals surface area contributed by atoms with E-state index in [2.05, 4.69) is 28.1 Å². The number of anilines is 2. The monoisotopic (exact) mass is 368 g/mol. The van der Waals surface area contributed by atoms with Crippen LogP contribution in [0.1, 0.15) is 17.3 Å². The van der Waals surface area contributed by atoms with Crippen LogP contribution in [0.2, 0.25) is 0 Å². The predicted molar refractivity (Wildman–Crippen MR) is 110 cm³/mol. The van der Waals surface area contributed by atoms with E-state index in [9.17, 15) is 4.79 Å². The van der Waals surface area contributed by atoms with Crippen molar-refractivity contribution in [3.05, 3.63) is 54.1 Å². The minimum Gasteiger partial charge on any atom is -0.495 e. The molecule has 2 aromatic carbocycles. The Labute approximate surface area is 160 Å². The summed E-state index contributed by atoms with van der Waals surface area (Å²) in [6.07, 6.45) is 0. The van der Waals surface area contributed by atoms with Crippen molar-refractivity contribution in [3.8, 4) is 5.75 Å². The molecule has 2 aromatic rings. The molecule has 0 bridgehead atoms. The first-order valence-electron chi connectivity index (χ1n) is 9.34. The van der Waals surface area contributed by atoms with E-state index >= 15 is 0 Å². The zero-order valence-corrected chi connectivity index (χ0v) is 16.0. The molecule has 1 aliphatic rings. The third kappa shape index (κ3) is 4.71. The number of amides is 1. The molecular formula is C21H28N4O2. The molecule has 1 atom stereocenters. The number of nitrogens with one attached hydrogen (secondary N) is 1. The molecule has 6 heteroatoms. The van der Waals surface area contributed by atoms with Gasteiger partial charge in [0.1, 0.15) is 5.75 Å². The lowest BCUT2D eigenvalue weighted by atomic mass is 10.1. The fourth-order valence-electron chi connectivity index (χ4n) is 3.58. The molecule has 1 heterocycles. The number of hydrogen-bond acceptors (Lipinski definition) is 5. The summed E-state index contributed by atoms with van der Waals surface area (Å²) in [6.45, 7) is 6.94. The van der Waals surface area contributed by atoms with Crippen LogP contribution in [-0.2, 0) is 0 Å². The van der Waals surface area contributed by atoms with Gasteiger partial charge in [0.05, 0.1) is 18.4 Å². The number of para-hydroxylation sites is 3. The second kappa shape index (κ2) is 8.77. The summed E-state index contributed by atoms with van der Waals surface area (Å²) in [6, 6.07) is 15.8. The van der Waals surface area contributed by atoms with Gasteiger partial charge in [-0.05, 0) is 31.2 Å². The van der Waals surface area contributed by atoms with Gasteiger partial charge in [0, 0.05) is 44.5 Å². The Kier molecular flexibility index (Phi) is 6.19. The smallest absolute Gasteiger partial charge is 0.250 e. The van der Waals surface area contributed by atoms with Gasteiger partial charge in [-0.2, -0.15) is 0 Å². The molecule has 1 unspecified atom stereocenters. The maximum atomic E-state index is 11.6. The van der Waals surface area contributed by atoms with Gasteiger partial charge in [-0.3, -0.25) is 9.69 Å². The molecule has 27 heavy (non-hydrogen) atoms. The van der Waals surface area contributed by atoms with Crippen molar-refractivity contribution in [1.29, 1.82) is 0 Å². The first-order valence-corrected chi connectivity index (χ1v) is 9.34. The van der Waals surface area contributed by atoms with Crippen molar-refractivity contribution in [2.75, 3.05) is 50.1 Å². The van der Waals surface area contributed by atoms with Gasteiger partial charge in [0.2, 0.25) is 0 Å². The van der Waals surface area contributed by atoms with Crippen molar-refractivity contribution < 1.29 is 9.53 Å². The van der Waals surface area contributed by atoms with Crippen LogP contribution in [0.15, 0.2) is 48.5 Å². The Morgan fingerprint density at radius 1 is 1.11 bits per heavy atom. The number of nitrogens with two attached hydrogens (primary N) is 1. The topological polar surface area (TPSA) is 70.8 Å². The molecule has 144 valence electrons. The molecule has 3 N–H and O–H groups in total. The molecule has 6 nitrogen and oxygen atoms in total. The van der Waals surface area contributed by atoms with Crippen molar-refractivity contribution in [3.63, 3.8) is 0 Å². The van der Waals surface area contributed by atoms with Crippen molar-refractivity contribution in [1.82, 2.24) is 4.90 Å². The maximum Gasteiger partial charge on any atom is 0.250 e. The molecule has 1 fully saturated rings. The van der Waals surface area contributed by atoms with Gasteiger partial charge >= 0.3 is 0 Å². The number of ether oxygens (including phenoxy) is 1. The van der Waals surface area contributed by atoms with Crippen LogP contribution in [0, 0.1) is 0 Å². The summed E-state index contributed by atoms with van der Waals surface area (Å²) in [5.74, 6) is 0.514. The average Bonchev–Trinajstić information content (AvgIpc) is 2.68. The van der Waals surface area contributed by atoms with Crippen LogP contribution in [-0.4, -0.2) is 56.7 Å². The number of nitrogens with zero attached hydrogens (tertiary/aromatic N) is 2. The van der Waals surface area contributed by atoms with Crippen LogP contribution in [0.25, 0.3) is 0 Å². The van der Waals surface area contributed by atoms with Crippen LogP contribution in [0.5, 0.6) is 5.75 Å². The summed E-state index contributed by atoms with van der Waals surface area (Å²) >= 11 is 0. The SMILES string of the molecule is COc1ccccc1N1CCN(CC(C)Nc2ccccc2C(N)=O)CC1. The number of methoxy groups -OCH3 is 1. The highest BCUT2D eigenvalue weighted by Gasteiger charge is 2.21. The van der Waals surface area contributed by atoms with Crippen molar-refractivity contribution >= 4 is 17.3 Å². The largest absolute Gasteiger partial charge is 0.495 e. The lowest BCUT2D eigenvalue weighted by Crippen LogP contribution is -2.49. The standard InChI is InChI=1S/C21H28N4O2/c1-16(23-18-8-4-3-7-17(18)21(22)26)15-24-11-13-25(14-12-24)19-9-5-6-10-20(19)27-2/h3-10,16,23H,11-15H2,1-2H3,(H2,22,26). The minimum atomic E-state index is -0.407. The Morgan fingerprint density at radius 2 is 1.78 bits per heavy atom. The molecule has 3 rings (SSSR count). The zero-order valence-electron chi connectivity index (χ0n) is 16.0. The van der Waals surface area contributed by atoms with Gasteiger partial charge in [-0.1, -0.05) is 24.3 Å². The number of carbonyl (C=O) groups is 1. The molecule has 1 saturated heterocycles. The van der Waals surface area contributed by atoms with Crippen LogP contribution < -0.4 is 20.7 Å². The summed E-state index contributed by atoms with van der Waals surface area (Å²) in [5.41, 5.74) is 7.95. The number of primary amides is 1. The van der Waals surface area contributed by atoms with Crippen molar-refractivity contribution in [2.45, 2.75) is 13.0 Å². The third-order valence-electron chi connectivity index (χ3n) is 4.92. The Hall–Kier alpha value is -2.73. The number of rotatable bonds is 7. The lowest BCUT2D eigenvalue weighted by molar-refractivity contribution is 0.100. The Balaban J connectivity index is 1.54. The zero-order chi connectivity index (χ0) is 19.2. The fourth-order valence-corrected chi connectivity index (χ4v) is 3.58. The van der Waals surface area contributed by atoms with E-state index in [1.807, 2.05) is 36.4 Å². The molecule has 0 saturated carbocycles. The summed E-state index contributed by atoms with van der Waals surface area (Å²) in [4.78, 5) is 16.4. The lowest BCUT2D eigenvalue weighted by Gasteiger charge is -2.37. The second-order valence-electron chi connectivity index (χ2n) is 6.91. The molecule has 0 aromatic heterocycles. The van der Waals surface area contributed by atoms with Gasteiger partial charge in [0.15, 0.2) is 0 Å². The second-order valence-corrected chi connectivity index (χ2v) is 6.91. The van der Waals surface area contributed by atoms with E-state index in [4.69, 9.17) is 10.5 Å². The molecule has 0 radical (unpaired) electrons. The molecule has 1 amide bonds. The molecular weight excluding hydrogens is 340 g/mol.